The van der Waals surface area contributed by atoms with Crippen LogP contribution in [0.1, 0.15) is 20.3 Å². The van der Waals surface area contributed by atoms with E-state index in [9.17, 15) is 9.59 Å². The Bertz CT molecular complexity index is 255. The van der Waals surface area contributed by atoms with Crippen LogP contribution in [-0.4, -0.2) is 47.6 Å². The van der Waals surface area contributed by atoms with Crippen molar-refractivity contribution in [2.75, 3.05) is 19.6 Å². The fourth-order valence-electron chi connectivity index (χ4n) is 1.82. The number of hydrogen-bond donors (Lipinski definition) is 2. The third-order valence-electron chi connectivity index (χ3n) is 2.90. The van der Waals surface area contributed by atoms with Crippen molar-refractivity contribution in [2.24, 2.45) is 5.92 Å². The maximum atomic E-state index is 11.6. The number of rotatable bonds is 4. The summed E-state index contributed by atoms with van der Waals surface area (Å²) in [6, 6.07) is -0.676. The van der Waals surface area contributed by atoms with Crippen molar-refractivity contribution >= 4 is 11.9 Å². The van der Waals surface area contributed by atoms with Crippen molar-refractivity contribution in [3.05, 3.63) is 0 Å². The van der Waals surface area contributed by atoms with Gasteiger partial charge in [0.05, 0.1) is 6.54 Å². The average Bonchev–Trinajstić information content (AvgIpc) is 2.20. The molecule has 1 amide bonds. The second kappa shape index (κ2) is 5.11. The fourth-order valence-corrected chi connectivity index (χ4v) is 1.82. The molecule has 0 spiro atoms. The smallest absolute Gasteiger partial charge is 0.326 e. The van der Waals surface area contributed by atoms with Crippen LogP contribution in [0.25, 0.3) is 0 Å². The number of hydrogen-bond acceptors (Lipinski definition) is 3. The van der Waals surface area contributed by atoms with Crippen LogP contribution in [0.4, 0.5) is 0 Å². The van der Waals surface area contributed by atoms with Crippen LogP contribution in [0.3, 0.4) is 0 Å². The summed E-state index contributed by atoms with van der Waals surface area (Å²) in [5, 5.41) is 12.1. The van der Waals surface area contributed by atoms with Crippen molar-refractivity contribution in [1.82, 2.24) is 10.2 Å². The van der Waals surface area contributed by atoms with E-state index in [-0.39, 0.29) is 18.4 Å². The third kappa shape index (κ3) is 2.68. The lowest BCUT2D eigenvalue weighted by Crippen LogP contribution is -2.56. The average molecular weight is 214 g/mol. The molecular formula is C10H18N2O3. The van der Waals surface area contributed by atoms with Crippen LogP contribution in [0, 0.1) is 5.92 Å². The molecule has 0 aliphatic carbocycles. The lowest BCUT2D eigenvalue weighted by Gasteiger charge is -2.35. The molecule has 0 aromatic rings. The summed E-state index contributed by atoms with van der Waals surface area (Å²) in [4.78, 5) is 24.2. The predicted molar refractivity (Wildman–Crippen MR) is 55.5 cm³/mol. The minimum absolute atomic E-state index is 0.00968. The number of carbonyl (C=O) groups excluding carboxylic acids is 1. The molecule has 2 atom stereocenters. The number of aliphatic carboxylic acids is 1. The Kier molecular flexibility index (Phi) is 4.08. The number of carbonyl (C=O) groups is 2. The molecule has 0 unspecified atom stereocenters. The summed E-state index contributed by atoms with van der Waals surface area (Å²) in [5.74, 6) is -1.03. The first-order valence-corrected chi connectivity index (χ1v) is 5.31. The van der Waals surface area contributed by atoms with Crippen LogP contribution >= 0.6 is 0 Å². The number of carboxylic acid groups (broad SMARTS) is 1. The van der Waals surface area contributed by atoms with Crippen LogP contribution in [0.2, 0.25) is 0 Å². The molecule has 1 aliphatic rings. The zero-order valence-electron chi connectivity index (χ0n) is 9.19. The lowest BCUT2D eigenvalue weighted by molar-refractivity contribution is -0.153. The van der Waals surface area contributed by atoms with Gasteiger partial charge in [-0.3, -0.25) is 4.79 Å². The van der Waals surface area contributed by atoms with E-state index in [2.05, 4.69) is 5.32 Å². The number of nitrogens with one attached hydrogen (secondary N) is 1. The molecule has 1 fully saturated rings. The van der Waals surface area contributed by atoms with Gasteiger partial charge < -0.3 is 15.3 Å². The number of piperazine rings is 1. The lowest BCUT2D eigenvalue weighted by atomic mass is 9.97. The Balaban J connectivity index is 2.78. The Hall–Kier alpha value is -1.10. The first-order valence-electron chi connectivity index (χ1n) is 5.31. The van der Waals surface area contributed by atoms with E-state index in [1.54, 1.807) is 0 Å². The van der Waals surface area contributed by atoms with E-state index in [0.29, 0.717) is 13.1 Å². The minimum Gasteiger partial charge on any atom is -0.480 e. The summed E-state index contributed by atoms with van der Waals surface area (Å²) in [7, 11) is 0. The molecule has 1 saturated heterocycles. The molecule has 1 heterocycles. The summed E-state index contributed by atoms with van der Waals surface area (Å²) in [6.07, 6.45) is 0.758. The van der Waals surface area contributed by atoms with Gasteiger partial charge in [-0.25, -0.2) is 4.79 Å². The van der Waals surface area contributed by atoms with E-state index in [0.717, 1.165) is 6.42 Å². The Morgan fingerprint density at radius 1 is 1.67 bits per heavy atom. The number of amides is 1. The summed E-state index contributed by atoms with van der Waals surface area (Å²) in [5.41, 5.74) is 0. The zero-order valence-corrected chi connectivity index (χ0v) is 9.19. The second-order valence-electron chi connectivity index (χ2n) is 3.93. The van der Waals surface area contributed by atoms with Crippen molar-refractivity contribution in [3.63, 3.8) is 0 Å². The highest BCUT2D eigenvalue weighted by molar-refractivity contribution is 5.85. The molecular weight excluding hydrogens is 196 g/mol. The molecule has 1 rings (SSSR count). The van der Waals surface area contributed by atoms with Gasteiger partial charge in [0, 0.05) is 13.1 Å². The van der Waals surface area contributed by atoms with Crippen LogP contribution in [0.15, 0.2) is 0 Å². The maximum Gasteiger partial charge on any atom is 0.326 e. The van der Waals surface area contributed by atoms with Crippen molar-refractivity contribution in [2.45, 2.75) is 26.3 Å². The van der Waals surface area contributed by atoms with Crippen molar-refractivity contribution in [3.8, 4) is 0 Å². The second-order valence-corrected chi connectivity index (χ2v) is 3.93. The topological polar surface area (TPSA) is 69.6 Å². The highest BCUT2D eigenvalue weighted by Crippen LogP contribution is 2.16. The number of nitrogens with zero attached hydrogens (tertiary/aromatic N) is 1. The quantitative estimate of drug-likeness (QED) is 0.686. The van der Waals surface area contributed by atoms with Gasteiger partial charge in [0.25, 0.3) is 0 Å². The fraction of sp³-hybridized carbons (Fsp3) is 0.800. The molecule has 15 heavy (non-hydrogen) atoms. The molecule has 0 aromatic heterocycles. The van der Waals surface area contributed by atoms with Crippen molar-refractivity contribution < 1.29 is 14.7 Å². The van der Waals surface area contributed by atoms with E-state index in [1.165, 1.54) is 4.90 Å². The highest BCUT2D eigenvalue weighted by atomic mass is 16.4. The van der Waals surface area contributed by atoms with Crippen LogP contribution in [-0.2, 0) is 9.59 Å². The molecule has 5 nitrogen and oxygen atoms in total. The summed E-state index contributed by atoms with van der Waals surface area (Å²) in [6.45, 7) is 5.22. The monoisotopic (exact) mass is 214 g/mol. The maximum absolute atomic E-state index is 11.6. The molecule has 1 aliphatic heterocycles. The van der Waals surface area contributed by atoms with E-state index >= 15 is 0 Å². The van der Waals surface area contributed by atoms with Gasteiger partial charge in [-0.05, 0) is 5.92 Å². The van der Waals surface area contributed by atoms with Crippen molar-refractivity contribution in [1.29, 1.82) is 0 Å². The van der Waals surface area contributed by atoms with Gasteiger partial charge in [0.1, 0.15) is 6.04 Å². The van der Waals surface area contributed by atoms with Gasteiger partial charge in [-0.1, -0.05) is 20.3 Å². The van der Waals surface area contributed by atoms with Gasteiger partial charge in [0.15, 0.2) is 0 Å². The predicted octanol–water partition coefficient (Wildman–Crippen LogP) is -0.0825. The minimum atomic E-state index is -0.903. The summed E-state index contributed by atoms with van der Waals surface area (Å²) < 4.78 is 0. The summed E-state index contributed by atoms with van der Waals surface area (Å²) >= 11 is 0. The Morgan fingerprint density at radius 2 is 2.33 bits per heavy atom. The molecule has 0 bridgehead atoms. The zero-order chi connectivity index (χ0) is 11.4. The highest BCUT2D eigenvalue weighted by Gasteiger charge is 2.34. The first kappa shape index (κ1) is 12.0. The van der Waals surface area contributed by atoms with Crippen LogP contribution in [0.5, 0.6) is 0 Å². The van der Waals surface area contributed by atoms with Gasteiger partial charge in [0.2, 0.25) is 5.91 Å². The van der Waals surface area contributed by atoms with Gasteiger partial charge in [-0.15, -0.1) is 0 Å². The first-order chi connectivity index (χ1) is 7.07. The Labute approximate surface area is 89.4 Å². The molecule has 2 N–H and O–H groups in total. The standard InChI is InChI=1S/C10H18N2O3/c1-3-7(2)9(10(14)15)12-5-4-11-6-8(12)13/h7,9,11H,3-6H2,1-2H3,(H,14,15)/t7-,9-/m0/s1. The van der Waals surface area contributed by atoms with E-state index < -0.39 is 12.0 Å². The molecule has 0 saturated carbocycles. The van der Waals surface area contributed by atoms with E-state index in [4.69, 9.17) is 5.11 Å². The normalized spacial score (nSPS) is 21.2. The Morgan fingerprint density at radius 3 is 2.80 bits per heavy atom. The van der Waals surface area contributed by atoms with Crippen LogP contribution < -0.4 is 5.32 Å². The third-order valence-corrected chi connectivity index (χ3v) is 2.90. The van der Waals surface area contributed by atoms with E-state index in [1.807, 2.05) is 13.8 Å². The largest absolute Gasteiger partial charge is 0.480 e. The van der Waals surface area contributed by atoms with Gasteiger partial charge >= 0.3 is 5.97 Å². The number of carboxylic acids is 1. The van der Waals surface area contributed by atoms with Gasteiger partial charge in [-0.2, -0.15) is 0 Å². The molecule has 5 heteroatoms. The molecule has 86 valence electrons. The SMILES string of the molecule is CC[C@H](C)[C@@H](C(=O)O)N1CCNCC1=O. The molecule has 0 aromatic carbocycles. The molecule has 0 radical (unpaired) electrons.